The molecule has 0 unspecified atom stereocenters. The van der Waals surface area contributed by atoms with Gasteiger partial charge < -0.3 is 10.4 Å². The molecule has 0 bridgehead atoms. The standard InChI is InChI=1S/C15H22N2O3S/c1-11-12(21-10-17-11)9-16-13(18)8-15(14(19)20)6-4-2-3-5-7-15/h10H,2-9H2,1H3,(H,16,18)(H,19,20). The number of carboxylic acid groups (broad SMARTS) is 1. The Labute approximate surface area is 128 Å². The Morgan fingerprint density at radius 3 is 2.52 bits per heavy atom. The van der Waals surface area contributed by atoms with Crippen molar-refractivity contribution in [2.24, 2.45) is 5.41 Å². The summed E-state index contributed by atoms with van der Waals surface area (Å²) in [5.41, 5.74) is 1.80. The smallest absolute Gasteiger partial charge is 0.310 e. The fourth-order valence-corrected chi connectivity index (χ4v) is 3.63. The highest BCUT2D eigenvalue weighted by atomic mass is 32.1. The van der Waals surface area contributed by atoms with Gasteiger partial charge in [-0.3, -0.25) is 9.59 Å². The summed E-state index contributed by atoms with van der Waals surface area (Å²) < 4.78 is 0. The molecular formula is C15H22N2O3S. The predicted molar refractivity (Wildman–Crippen MR) is 81.1 cm³/mol. The maximum absolute atomic E-state index is 12.1. The summed E-state index contributed by atoms with van der Waals surface area (Å²) in [5.74, 6) is -0.999. The molecule has 0 spiro atoms. The van der Waals surface area contributed by atoms with Crippen molar-refractivity contribution in [3.63, 3.8) is 0 Å². The highest BCUT2D eigenvalue weighted by Crippen LogP contribution is 2.38. The van der Waals surface area contributed by atoms with E-state index < -0.39 is 11.4 Å². The summed E-state index contributed by atoms with van der Waals surface area (Å²) >= 11 is 1.50. The number of aliphatic carboxylic acids is 1. The van der Waals surface area contributed by atoms with Crippen LogP contribution in [0.5, 0.6) is 0 Å². The van der Waals surface area contributed by atoms with Gasteiger partial charge in [0.2, 0.25) is 5.91 Å². The fourth-order valence-electron chi connectivity index (χ4n) is 2.92. The van der Waals surface area contributed by atoms with E-state index in [9.17, 15) is 14.7 Å². The predicted octanol–water partition coefficient (Wildman–Crippen LogP) is 2.88. The summed E-state index contributed by atoms with van der Waals surface area (Å²) in [6, 6.07) is 0. The molecule has 116 valence electrons. The van der Waals surface area contributed by atoms with Crippen molar-refractivity contribution >= 4 is 23.2 Å². The van der Waals surface area contributed by atoms with E-state index in [0.29, 0.717) is 19.4 Å². The number of nitrogens with one attached hydrogen (secondary N) is 1. The van der Waals surface area contributed by atoms with Gasteiger partial charge in [-0.05, 0) is 19.8 Å². The third-order valence-corrected chi connectivity index (χ3v) is 5.24. The van der Waals surface area contributed by atoms with E-state index in [1.165, 1.54) is 11.3 Å². The van der Waals surface area contributed by atoms with Gasteiger partial charge in [0, 0.05) is 11.3 Å². The second-order valence-electron chi connectivity index (χ2n) is 5.81. The van der Waals surface area contributed by atoms with E-state index in [2.05, 4.69) is 10.3 Å². The first-order valence-corrected chi connectivity index (χ1v) is 8.30. The van der Waals surface area contributed by atoms with Gasteiger partial charge in [-0.1, -0.05) is 25.7 Å². The van der Waals surface area contributed by atoms with Crippen LogP contribution in [-0.2, 0) is 16.1 Å². The van der Waals surface area contributed by atoms with Crippen molar-refractivity contribution in [2.45, 2.75) is 58.4 Å². The second kappa shape index (κ2) is 7.02. The quantitative estimate of drug-likeness (QED) is 0.820. The number of aromatic nitrogens is 1. The highest BCUT2D eigenvalue weighted by Gasteiger charge is 2.40. The van der Waals surface area contributed by atoms with Crippen LogP contribution in [0.25, 0.3) is 0 Å². The largest absolute Gasteiger partial charge is 0.481 e. The first-order valence-electron chi connectivity index (χ1n) is 7.42. The molecule has 0 atom stereocenters. The molecule has 1 heterocycles. The van der Waals surface area contributed by atoms with Crippen LogP contribution in [0.3, 0.4) is 0 Å². The second-order valence-corrected chi connectivity index (χ2v) is 6.75. The number of carbonyl (C=O) groups excluding carboxylic acids is 1. The van der Waals surface area contributed by atoms with Crippen LogP contribution in [-0.4, -0.2) is 22.0 Å². The fraction of sp³-hybridized carbons (Fsp3) is 0.667. The van der Waals surface area contributed by atoms with Gasteiger partial charge in [0.15, 0.2) is 0 Å². The van der Waals surface area contributed by atoms with Gasteiger partial charge in [-0.2, -0.15) is 0 Å². The number of carbonyl (C=O) groups is 2. The van der Waals surface area contributed by atoms with Crippen LogP contribution in [0.4, 0.5) is 0 Å². The monoisotopic (exact) mass is 310 g/mol. The van der Waals surface area contributed by atoms with Crippen LogP contribution >= 0.6 is 11.3 Å². The number of hydrogen-bond donors (Lipinski definition) is 2. The number of aryl methyl sites for hydroxylation is 1. The van der Waals surface area contributed by atoms with Gasteiger partial charge in [0.25, 0.3) is 0 Å². The molecule has 1 aromatic heterocycles. The Morgan fingerprint density at radius 2 is 2.00 bits per heavy atom. The summed E-state index contributed by atoms with van der Waals surface area (Å²) in [5, 5.41) is 12.4. The van der Waals surface area contributed by atoms with Crippen molar-refractivity contribution in [3.05, 3.63) is 16.1 Å². The molecule has 0 saturated heterocycles. The van der Waals surface area contributed by atoms with E-state index >= 15 is 0 Å². The van der Waals surface area contributed by atoms with Crippen LogP contribution in [0, 0.1) is 12.3 Å². The first kappa shape index (κ1) is 15.9. The highest BCUT2D eigenvalue weighted by molar-refractivity contribution is 7.09. The lowest BCUT2D eigenvalue weighted by molar-refractivity contribution is -0.152. The molecule has 2 N–H and O–H groups in total. The number of thiazole rings is 1. The van der Waals surface area contributed by atoms with Gasteiger partial charge in [0.05, 0.1) is 23.2 Å². The molecular weight excluding hydrogens is 288 g/mol. The van der Waals surface area contributed by atoms with Crippen molar-refractivity contribution in [1.29, 1.82) is 0 Å². The Hall–Kier alpha value is -1.43. The minimum Gasteiger partial charge on any atom is -0.481 e. The van der Waals surface area contributed by atoms with Crippen LogP contribution < -0.4 is 5.32 Å². The SMILES string of the molecule is Cc1ncsc1CNC(=O)CC1(C(=O)O)CCCCCC1. The third-order valence-electron chi connectivity index (χ3n) is 4.30. The van der Waals surface area contributed by atoms with E-state index in [1.807, 2.05) is 6.92 Å². The molecule has 0 aromatic carbocycles. The van der Waals surface area contributed by atoms with Crippen molar-refractivity contribution in [3.8, 4) is 0 Å². The molecule has 21 heavy (non-hydrogen) atoms. The zero-order chi connectivity index (χ0) is 15.3. The van der Waals surface area contributed by atoms with Crippen LogP contribution in [0.15, 0.2) is 5.51 Å². The summed E-state index contributed by atoms with van der Waals surface area (Å²) in [6.45, 7) is 2.34. The lowest BCUT2D eigenvalue weighted by atomic mass is 9.77. The zero-order valence-electron chi connectivity index (χ0n) is 12.4. The van der Waals surface area contributed by atoms with Crippen LogP contribution in [0.1, 0.15) is 55.5 Å². The maximum Gasteiger partial charge on any atom is 0.310 e. The lowest BCUT2D eigenvalue weighted by Crippen LogP contribution is -2.37. The molecule has 0 aliphatic heterocycles. The minimum atomic E-state index is -0.872. The van der Waals surface area contributed by atoms with Gasteiger partial charge in [-0.15, -0.1) is 11.3 Å². The number of rotatable bonds is 5. The first-order chi connectivity index (χ1) is 10.0. The molecule has 1 amide bonds. The molecule has 0 radical (unpaired) electrons. The molecule has 2 rings (SSSR count). The number of carboxylic acids is 1. The van der Waals surface area contributed by atoms with Gasteiger partial charge in [0.1, 0.15) is 0 Å². The van der Waals surface area contributed by atoms with E-state index in [0.717, 1.165) is 36.3 Å². The molecule has 6 heteroatoms. The van der Waals surface area contributed by atoms with E-state index in [4.69, 9.17) is 0 Å². The number of amides is 1. The van der Waals surface area contributed by atoms with Crippen molar-refractivity contribution < 1.29 is 14.7 Å². The van der Waals surface area contributed by atoms with E-state index in [1.54, 1.807) is 5.51 Å². The molecule has 1 fully saturated rings. The molecule has 1 aromatic rings. The summed E-state index contributed by atoms with van der Waals surface area (Å²) in [7, 11) is 0. The van der Waals surface area contributed by atoms with Crippen molar-refractivity contribution in [1.82, 2.24) is 10.3 Å². The van der Waals surface area contributed by atoms with E-state index in [-0.39, 0.29) is 12.3 Å². The zero-order valence-corrected chi connectivity index (χ0v) is 13.2. The molecule has 5 nitrogen and oxygen atoms in total. The summed E-state index contributed by atoms with van der Waals surface area (Å²) in [4.78, 5) is 29.0. The topological polar surface area (TPSA) is 79.3 Å². The Morgan fingerprint density at radius 1 is 1.33 bits per heavy atom. The summed E-state index contributed by atoms with van der Waals surface area (Å²) in [6.07, 6.45) is 5.22. The average molecular weight is 310 g/mol. The number of hydrogen-bond acceptors (Lipinski definition) is 4. The Balaban J connectivity index is 1.95. The van der Waals surface area contributed by atoms with Gasteiger partial charge >= 0.3 is 5.97 Å². The Bertz CT molecular complexity index is 505. The molecule has 1 aliphatic carbocycles. The van der Waals surface area contributed by atoms with Gasteiger partial charge in [-0.25, -0.2) is 4.98 Å². The van der Waals surface area contributed by atoms with Crippen LogP contribution in [0.2, 0.25) is 0 Å². The maximum atomic E-state index is 12.1. The number of nitrogens with zero attached hydrogens (tertiary/aromatic N) is 1. The average Bonchev–Trinajstić information content (AvgIpc) is 2.70. The normalized spacial score (nSPS) is 18.0. The lowest BCUT2D eigenvalue weighted by Gasteiger charge is -2.27. The Kier molecular flexibility index (Phi) is 5.33. The molecule has 1 saturated carbocycles. The molecule has 1 aliphatic rings. The third kappa shape index (κ3) is 4.03. The minimum absolute atomic E-state index is 0.0835. The van der Waals surface area contributed by atoms with Crippen molar-refractivity contribution in [2.75, 3.05) is 0 Å².